The molecule has 1 heterocycles. The lowest BCUT2D eigenvalue weighted by Gasteiger charge is -2.10. The molecule has 20 heavy (non-hydrogen) atoms. The molecule has 0 atom stereocenters. The van der Waals surface area contributed by atoms with Crippen molar-refractivity contribution in [3.8, 4) is 5.75 Å². The van der Waals surface area contributed by atoms with Gasteiger partial charge in [-0.3, -0.25) is 0 Å². The van der Waals surface area contributed by atoms with E-state index in [9.17, 15) is 4.39 Å². The Morgan fingerprint density at radius 1 is 1.15 bits per heavy atom. The molecule has 0 unspecified atom stereocenters. The molecule has 2 aromatic carbocycles. The number of rotatable bonds is 3. The van der Waals surface area contributed by atoms with Crippen molar-refractivity contribution in [2.75, 3.05) is 7.11 Å². The summed E-state index contributed by atoms with van der Waals surface area (Å²) < 4.78 is 21.7. The fourth-order valence-electron chi connectivity index (χ4n) is 2.28. The molecule has 0 saturated carbocycles. The first-order valence-electron chi connectivity index (χ1n) is 6.24. The summed E-state index contributed by atoms with van der Waals surface area (Å²) in [7, 11) is 1.65. The number of ether oxygens (including phenoxy) is 1. The Labute approximate surface area is 124 Å². The van der Waals surface area contributed by atoms with Gasteiger partial charge in [0, 0.05) is 17.2 Å². The van der Waals surface area contributed by atoms with Gasteiger partial charge in [0.1, 0.15) is 11.6 Å². The lowest BCUT2D eigenvalue weighted by Crippen LogP contribution is -1.99. The summed E-state index contributed by atoms with van der Waals surface area (Å²) in [6.07, 6.45) is 1.97. The number of hydrogen-bond donors (Lipinski definition) is 0. The summed E-state index contributed by atoms with van der Waals surface area (Å²) >= 11 is 3.54. The molecule has 0 fully saturated rings. The fraction of sp³-hybridized carbons (Fsp3) is 0.125. The predicted molar refractivity (Wildman–Crippen MR) is 81.7 cm³/mol. The first-order valence-corrected chi connectivity index (χ1v) is 7.03. The zero-order valence-electron chi connectivity index (χ0n) is 10.9. The Balaban J connectivity index is 2.03. The van der Waals surface area contributed by atoms with Crippen molar-refractivity contribution >= 4 is 26.8 Å². The summed E-state index contributed by atoms with van der Waals surface area (Å²) in [5.41, 5.74) is 1.98. The van der Waals surface area contributed by atoms with E-state index in [2.05, 4.69) is 15.9 Å². The highest BCUT2D eigenvalue weighted by atomic mass is 79.9. The molecular formula is C16H13BrFNO. The second kappa shape index (κ2) is 5.29. The molecule has 0 amide bonds. The highest BCUT2D eigenvalue weighted by molar-refractivity contribution is 9.10. The third-order valence-electron chi connectivity index (χ3n) is 3.33. The number of nitrogens with zero attached hydrogens (tertiary/aromatic N) is 1. The van der Waals surface area contributed by atoms with Crippen molar-refractivity contribution in [3.05, 3.63) is 64.5 Å². The van der Waals surface area contributed by atoms with Gasteiger partial charge in [-0.2, -0.15) is 0 Å². The number of halogens is 2. The molecule has 0 N–H and O–H groups in total. The maximum atomic E-state index is 13.4. The van der Waals surface area contributed by atoms with Gasteiger partial charge in [-0.05, 0) is 53.4 Å². The molecule has 0 spiro atoms. The van der Waals surface area contributed by atoms with Gasteiger partial charge in [0.25, 0.3) is 0 Å². The number of aromatic nitrogens is 1. The molecule has 0 bridgehead atoms. The first kappa shape index (κ1) is 13.2. The van der Waals surface area contributed by atoms with Gasteiger partial charge in [-0.15, -0.1) is 0 Å². The first-order chi connectivity index (χ1) is 9.67. The van der Waals surface area contributed by atoms with E-state index < -0.39 is 0 Å². The van der Waals surface area contributed by atoms with Crippen molar-refractivity contribution in [2.45, 2.75) is 6.54 Å². The largest absolute Gasteiger partial charge is 0.497 e. The number of hydrogen-bond acceptors (Lipinski definition) is 1. The standard InChI is InChI=1S/C16H13BrFNO/c1-20-14-4-5-15(17)12(8-14)10-19-7-6-11-2-3-13(18)9-16(11)19/h2-9H,10H2,1H3. The third kappa shape index (κ3) is 2.43. The molecule has 4 heteroatoms. The van der Waals surface area contributed by atoms with E-state index in [4.69, 9.17) is 4.74 Å². The molecule has 0 aliphatic rings. The molecular weight excluding hydrogens is 321 g/mol. The van der Waals surface area contributed by atoms with Crippen LogP contribution >= 0.6 is 15.9 Å². The topological polar surface area (TPSA) is 14.2 Å². The average molecular weight is 334 g/mol. The van der Waals surface area contributed by atoms with Crippen LogP contribution in [-0.2, 0) is 6.54 Å². The Kier molecular flexibility index (Phi) is 3.49. The van der Waals surface area contributed by atoms with E-state index in [0.717, 1.165) is 26.7 Å². The van der Waals surface area contributed by atoms with Crippen molar-refractivity contribution in [1.29, 1.82) is 0 Å². The normalized spacial score (nSPS) is 10.9. The predicted octanol–water partition coefficient (Wildman–Crippen LogP) is 4.60. The highest BCUT2D eigenvalue weighted by Crippen LogP contribution is 2.25. The van der Waals surface area contributed by atoms with E-state index >= 15 is 0 Å². The minimum Gasteiger partial charge on any atom is -0.497 e. The Morgan fingerprint density at radius 3 is 2.80 bits per heavy atom. The molecule has 0 saturated heterocycles. The van der Waals surface area contributed by atoms with E-state index in [0.29, 0.717) is 6.54 Å². The maximum Gasteiger partial charge on any atom is 0.125 e. The number of benzene rings is 2. The van der Waals surface area contributed by atoms with Crippen molar-refractivity contribution < 1.29 is 9.13 Å². The quantitative estimate of drug-likeness (QED) is 0.683. The third-order valence-corrected chi connectivity index (χ3v) is 4.10. The van der Waals surface area contributed by atoms with Crippen LogP contribution in [0, 0.1) is 5.82 Å². The summed E-state index contributed by atoms with van der Waals surface area (Å²) in [6, 6.07) is 12.7. The summed E-state index contributed by atoms with van der Waals surface area (Å²) in [5.74, 6) is 0.591. The zero-order valence-corrected chi connectivity index (χ0v) is 12.5. The molecule has 0 aliphatic carbocycles. The smallest absolute Gasteiger partial charge is 0.125 e. The van der Waals surface area contributed by atoms with Gasteiger partial charge >= 0.3 is 0 Å². The second-order valence-corrected chi connectivity index (χ2v) is 5.46. The van der Waals surface area contributed by atoms with E-state index in [1.165, 1.54) is 6.07 Å². The van der Waals surface area contributed by atoms with Gasteiger partial charge in [0.05, 0.1) is 12.6 Å². The zero-order chi connectivity index (χ0) is 14.1. The van der Waals surface area contributed by atoms with Crippen LogP contribution in [0.1, 0.15) is 5.56 Å². The van der Waals surface area contributed by atoms with Gasteiger partial charge in [0.2, 0.25) is 0 Å². The van der Waals surface area contributed by atoms with E-state index in [1.54, 1.807) is 19.2 Å². The molecule has 0 aliphatic heterocycles. The van der Waals surface area contributed by atoms with Crippen LogP contribution in [-0.4, -0.2) is 11.7 Å². The van der Waals surface area contributed by atoms with E-state index in [1.807, 2.05) is 35.0 Å². The minimum atomic E-state index is -0.220. The van der Waals surface area contributed by atoms with Gasteiger partial charge in [0.15, 0.2) is 0 Å². The van der Waals surface area contributed by atoms with Crippen LogP contribution in [0.3, 0.4) is 0 Å². The number of methoxy groups -OCH3 is 1. The second-order valence-electron chi connectivity index (χ2n) is 4.60. The van der Waals surface area contributed by atoms with Gasteiger partial charge < -0.3 is 9.30 Å². The van der Waals surface area contributed by atoms with Crippen LogP contribution in [0.2, 0.25) is 0 Å². The molecule has 0 radical (unpaired) electrons. The Morgan fingerprint density at radius 2 is 2.00 bits per heavy atom. The van der Waals surface area contributed by atoms with Crippen molar-refractivity contribution in [2.24, 2.45) is 0 Å². The monoisotopic (exact) mass is 333 g/mol. The summed E-state index contributed by atoms with van der Waals surface area (Å²) in [5, 5.41) is 1.03. The lowest BCUT2D eigenvalue weighted by molar-refractivity contribution is 0.414. The van der Waals surface area contributed by atoms with Crippen LogP contribution < -0.4 is 4.74 Å². The van der Waals surface area contributed by atoms with Crippen LogP contribution in [0.15, 0.2) is 53.1 Å². The highest BCUT2D eigenvalue weighted by Gasteiger charge is 2.07. The molecule has 102 valence electrons. The molecule has 3 aromatic rings. The number of fused-ring (bicyclic) bond motifs is 1. The summed E-state index contributed by atoms with van der Waals surface area (Å²) in [6.45, 7) is 0.657. The molecule has 2 nitrogen and oxygen atoms in total. The summed E-state index contributed by atoms with van der Waals surface area (Å²) in [4.78, 5) is 0. The van der Waals surface area contributed by atoms with E-state index in [-0.39, 0.29) is 5.82 Å². The van der Waals surface area contributed by atoms with Crippen molar-refractivity contribution in [1.82, 2.24) is 4.57 Å². The Hall–Kier alpha value is -1.81. The molecule has 3 rings (SSSR count). The van der Waals surface area contributed by atoms with Crippen LogP contribution in [0.25, 0.3) is 10.9 Å². The SMILES string of the molecule is COc1ccc(Br)c(Cn2ccc3ccc(F)cc32)c1. The minimum absolute atomic E-state index is 0.220. The van der Waals surface area contributed by atoms with Crippen LogP contribution in [0.5, 0.6) is 5.75 Å². The fourth-order valence-corrected chi connectivity index (χ4v) is 2.65. The van der Waals surface area contributed by atoms with Gasteiger partial charge in [-0.1, -0.05) is 15.9 Å². The average Bonchev–Trinajstić information content (AvgIpc) is 2.84. The van der Waals surface area contributed by atoms with Crippen molar-refractivity contribution in [3.63, 3.8) is 0 Å². The van der Waals surface area contributed by atoms with Crippen LogP contribution in [0.4, 0.5) is 4.39 Å². The Bertz CT molecular complexity index is 766. The maximum absolute atomic E-state index is 13.4. The lowest BCUT2D eigenvalue weighted by atomic mass is 10.2. The van der Waals surface area contributed by atoms with Gasteiger partial charge in [-0.25, -0.2) is 4.39 Å². The molecule has 1 aromatic heterocycles.